The summed E-state index contributed by atoms with van der Waals surface area (Å²) in [5.41, 5.74) is 0.735. The predicted octanol–water partition coefficient (Wildman–Crippen LogP) is 2.91. The van der Waals surface area contributed by atoms with Gasteiger partial charge in [0.2, 0.25) is 5.75 Å². The lowest BCUT2D eigenvalue weighted by molar-refractivity contribution is -0.386. The molecular weight excluding hydrogens is 262 g/mol. The molecule has 0 unspecified atom stereocenters. The molecule has 0 atom stereocenters. The second-order valence-corrected chi connectivity index (χ2v) is 3.68. The van der Waals surface area contributed by atoms with E-state index >= 15 is 0 Å². The summed E-state index contributed by atoms with van der Waals surface area (Å²) < 4.78 is 5.36. The van der Waals surface area contributed by atoms with Crippen LogP contribution in [0, 0.1) is 20.9 Å². The smallest absolute Gasteiger partial charge is 0.311 e. The maximum absolute atomic E-state index is 10.8. The van der Waals surface area contributed by atoms with Crippen LogP contribution >= 0.6 is 0 Å². The average Bonchev–Trinajstić information content (AvgIpc) is 2.48. The lowest BCUT2D eigenvalue weighted by Crippen LogP contribution is -1.98. The Labute approximate surface area is 114 Å². The molecule has 2 rings (SSSR count). The minimum atomic E-state index is -0.542. The van der Waals surface area contributed by atoms with Crippen molar-refractivity contribution in [2.45, 2.75) is 6.61 Å². The molecule has 0 fully saturated rings. The third-order valence-corrected chi connectivity index (χ3v) is 2.38. The Hall–Kier alpha value is -3.14. The van der Waals surface area contributed by atoms with Crippen LogP contribution in [0.15, 0.2) is 48.5 Å². The van der Waals surface area contributed by atoms with E-state index in [0.29, 0.717) is 0 Å². The number of rotatable bonds is 4. The average molecular weight is 273 g/mol. The molecule has 0 aromatic heterocycles. The number of nitro groups is 1. The summed E-state index contributed by atoms with van der Waals surface area (Å²) in [5, 5.41) is 32.1. The fourth-order valence-electron chi connectivity index (χ4n) is 1.50. The number of hydrogen-bond donors (Lipinski definition) is 1. The third-order valence-electron chi connectivity index (χ3n) is 2.38. The van der Waals surface area contributed by atoms with Crippen molar-refractivity contribution < 1.29 is 14.8 Å². The Kier molecular flexibility index (Phi) is 5.47. The molecule has 0 saturated carbocycles. The van der Waals surface area contributed by atoms with Crippen molar-refractivity contribution in [3.8, 4) is 11.5 Å². The molecular formula is C13H11N3O4. The fraction of sp³-hybridized carbons (Fsp3) is 0.0769. The van der Waals surface area contributed by atoms with Gasteiger partial charge in [-0.15, -0.1) is 0 Å². The molecule has 0 radical (unpaired) electrons. The molecule has 0 aliphatic heterocycles. The summed E-state index contributed by atoms with van der Waals surface area (Å²) in [7, 11) is 0. The third kappa shape index (κ3) is 3.96. The van der Waals surface area contributed by atoms with E-state index in [4.69, 9.17) is 15.5 Å². The maximum atomic E-state index is 10.8. The number of ether oxygens (including phenoxy) is 1. The van der Waals surface area contributed by atoms with Gasteiger partial charge in [0.1, 0.15) is 12.4 Å². The van der Waals surface area contributed by atoms with Crippen LogP contribution in [-0.4, -0.2) is 10.0 Å². The fourth-order valence-corrected chi connectivity index (χ4v) is 1.50. The first-order chi connectivity index (χ1) is 9.66. The maximum Gasteiger partial charge on any atom is 0.311 e. The molecule has 20 heavy (non-hydrogen) atoms. The molecule has 1 N–H and O–H groups in total. The van der Waals surface area contributed by atoms with Gasteiger partial charge in [0.25, 0.3) is 0 Å². The SMILES string of the molecule is N#N.O=[N+]([O-])c1ccc(O)cc1OCc1ccccc1. The van der Waals surface area contributed by atoms with Crippen molar-refractivity contribution in [1.82, 2.24) is 0 Å². The van der Waals surface area contributed by atoms with E-state index in [2.05, 4.69) is 0 Å². The molecule has 0 spiro atoms. The number of phenolic OH excluding ortho intramolecular Hbond substituents is 1. The van der Waals surface area contributed by atoms with Gasteiger partial charge in [-0.25, -0.2) is 0 Å². The zero-order valence-electron chi connectivity index (χ0n) is 10.3. The summed E-state index contributed by atoms with van der Waals surface area (Å²) in [5.74, 6) is -0.00693. The summed E-state index contributed by atoms with van der Waals surface area (Å²) in [6, 6.07) is 13.0. The number of benzene rings is 2. The van der Waals surface area contributed by atoms with Gasteiger partial charge in [-0.1, -0.05) is 30.3 Å². The highest BCUT2D eigenvalue weighted by atomic mass is 16.6. The Morgan fingerprint density at radius 1 is 1.15 bits per heavy atom. The van der Waals surface area contributed by atoms with Gasteiger partial charge in [-0.2, -0.15) is 0 Å². The van der Waals surface area contributed by atoms with Crippen molar-refractivity contribution in [3.05, 3.63) is 64.2 Å². The Bertz CT molecular complexity index is 599. The van der Waals surface area contributed by atoms with Crippen LogP contribution in [0.4, 0.5) is 5.69 Å². The van der Waals surface area contributed by atoms with E-state index in [1.165, 1.54) is 18.2 Å². The molecule has 7 nitrogen and oxygen atoms in total. The van der Waals surface area contributed by atoms with Crippen LogP contribution in [0.1, 0.15) is 5.56 Å². The molecule has 2 aromatic carbocycles. The molecule has 0 aliphatic carbocycles. The minimum absolute atomic E-state index is 0.0591. The lowest BCUT2D eigenvalue weighted by Gasteiger charge is -2.07. The number of nitro benzene ring substituents is 1. The van der Waals surface area contributed by atoms with Gasteiger partial charge in [0.05, 0.1) is 4.92 Å². The standard InChI is InChI=1S/C13H11NO4.N2/c15-11-6-7-12(14(16)17)13(8-11)18-9-10-4-2-1-3-5-10;1-2/h1-8,15H,9H2;. The van der Waals surface area contributed by atoms with Crippen LogP contribution in [0.2, 0.25) is 0 Å². The summed E-state index contributed by atoms with van der Waals surface area (Å²) in [6.45, 7) is 0.213. The first-order valence-electron chi connectivity index (χ1n) is 5.51. The van der Waals surface area contributed by atoms with Gasteiger partial charge >= 0.3 is 5.69 Å². The van der Waals surface area contributed by atoms with Crippen molar-refractivity contribution in [3.63, 3.8) is 0 Å². The zero-order valence-corrected chi connectivity index (χ0v) is 10.3. The van der Waals surface area contributed by atoms with Crippen molar-refractivity contribution in [1.29, 1.82) is 10.8 Å². The van der Waals surface area contributed by atoms with E-state index in [9.17, 15) is 15.2 Å². The number of phenols is 1. The second kappa shape index (κ2) is 7.33. The number of aromatic hydroxyl groups is 1. The van der Waals surface area contributed by atoms with Crippen LogP contribution in [0.5, 0.6) is 11.5 Å². The van der Waals surface area contributed by atoms with E-state index in [0.717, 1.165) is 5.56 Å². The molecule has 0 heterocycles. The second-order valence-electron chi connectivity index (χ2n) is 3.68. The molecule has 0 saturated heterocycles. The molecule has 7 heteroatoms. The highest BCUT2D eigenvalue weighted by Gasteiger charge is 2.15. The molecule has 2 aromatic rings. The minimum Gasteiger partial charge on any atom is -0.508 e. The van der Waals surface area contributed by atoms with Gasteiger partial charge < -0.3 is 9.84 Å². The van der Waals surface area contributed by atoms with E-state index in [1.54, 1.807) is 0 Å². The molecule has 102 valence electrons. The van der Waals surface area contributed by atoms with E-state index < -0.39 is 4.92 Å². The lowest BCUT2D eigenvalue weighted by atomic mass is 10.2. The highest BCUT2D eigenvalue weighted by Crippen LogP contribution is 2.31. The quantitative estimate of drug-likeness (QED) is 0.519. The zero-order chi connectivity index (χ0) is 15.0. The van der Waals surface area contributed by atoms with Crippen LogP contribution < -0.4 is 4.74 Å². The predicted molar refractivity (Wildman–Crippen MR) is 69.0 cm³/mol. The normalized spacial score (nSPS) is 9.10. The Balaban J connectivity index is 0.000000956. The summed E-state index contributed by atoms with van der Waals surface area (Å²) in [6.07, 6.45) is 0. The molecule has 0 amide bonds. The molecule has 0 aliphatic rings. The van der Waals surface area contributed by atoms with Crippen molar-refractivity contribution in [2.24, 2.45) is 0 Å². The van der Waals surface area contributed by atoms with E-state index in [1.807, 2.05) is 30.3 Å². The van der Waals surface area contributed by atoms with Gasteiger partial charge in [0, 0.05) is 22.9 Å². The summed E-state index contributed by atoms with van der Waals surface area (Å²) >= 11 is 0. The van der Waals surface area contributed by atoms with Crippen molar-refractivity contribution in [2.75, 3.05) is 0 Å². The summed E-state index contributed by atoms with van der Waals surface area (Å²) in [4.78, 5) is 10.2. The Morgan fingerprint density at radius 2 is 1.80 bits per heavy atom. The first kappa shape index (κ1) is 14.9. The first-order valence-corrected chi connectivity index (χ1v) is 5.51. The van der Waals surface area contributed by atoms with Gasteiger partial charge in [0.15, 0.2) is 0 Å². The van der Waals surface area contributed by atoms with E-state index in [-0.39, 0.29) is 23.8 Å². The van der Waals surface area contributed by atoms with Crippen LogP contribution in [0.25, 0.3) is 0 Å². The van der Waals surface area contributed by atoms with Crippen LogP contribution in [-0.2, 0) is 6.61 Å². The monoisotopic (exact) mass is 273 g/mol. The Morgan fingerprint density at radius 3 is 2.40 bits per heavy atom. The highest BCUT2D eigenvalue weighted by molar-refractivity contribution is 5.50. The molecule has 0 bridgehead atoms. The topological polar surface area (TPSA) is 120 Å². The number of hydrogen-bond acceptors (Lipinski definition) is 6. The van der Waals surface area contributed by atoms with Gasteiger partial charge in [-0.3, -0.25) is 10.1 Å². The van der Waals surface area contributed by atoms with Crippen LogP contribution in [0.3, 0.4) is 0 Å². The van der Waals surface area contributed by atoms with Gasteiger partial charge in [-0.05, 0) is 11.6 Å². The van der Waals surface area contributed by atoms with Crippen molar-refractivity contribution >= 4 is 5.69 Å². The number of nitrogens with zero attached hydrogens (tertiary/aromatic N) is 3. The largest absolute Gasteiger partial charge is 0.508 e.